The fourth-order valence-corrected chi connectivity index (χ4v) is 11.3. The second kappa shape index (κ2) is 13.3. The van der Waals surface area contributed by atoms with Crippen LogP contribution in [0.5, 0.6) is 0 Å². The number of benzene rings is 9. The number of para-hydroxylation sites is 2. The van der Waals surface area contributed by atoms with E-state index >= 15 is 0 Å². The van der Waals surface area contributed by atoms with Crippen LogP contribution in [0.1, 0.15) is 0 Å². The average molecular weight is 775 g/mol. The van der Waals surface area contributed by atoms with E-state index in [2.05, 4.69) is 216 Å². The van der Waals surface area contributed by atoms with Gasteiger partial charge in [-0.3, -0.25) is 0 Å². The summed E-state index contributed by atoms with van der Waals surface area (Å²) in [4.78, 5) is 2.45. The first-order valence-corrected chi connectivity index (χ1v) is 21.3. The smallest absolute Gasteiger partial charge is 0.0640 e. The summed E-state index contributed by atoms with van der Waals surface area (Å²) in [6, 6.07) is 75.6. The molecule has 0 saturated carbocycles. The molecule has 0 unspecified atom stereocenters. The predicted molar refractivity (Wildman–Crippen MR) is 252 cm³/mol. The molecule has 58 heavy (non-hydrogen) atoms. The second-order valence-electron chi connectivity index (χ2n) is 14.9. The molecule has 3 heterocycles. The number of aromatic nitrogens is 1. The first kappa shape index (κ1) is 33.2. The van der Waals surface area contributed by atoms with Gasteiger partial charge in [0.1, 0.15) is 0 Å². The van der Waals surface area contributed by atoms with Crippen molar-refractivity contribution in [3.05, 3.63) is 206 Å². The summed E-state index contributed by atoms with van der Waals surface area (Å²) in [6.45, 7) is 0. The molecular formula is C54H34N2S2. The minimum atomic E-state index is 1.11. The maximum Gasteiger partial charge on any atom is 0.0640 e. The molecule has 2 nitrogen and oxygen atoms in total. The van der Waals surface area contributed by atoms with Gasteiger partial charge in [0.2, 0.25) is 0 Å². The highest BCUT2D eigenvalue weighted by atomic mass is 32.1. The Kier molecular flexibility index (Phi) is 7.62. The Hall–Kier alpha value is -6.98. The van der Waals surface area contributed by atoms with Gasteiger partial charge in [0.15, 0.2) is 0 Å². The Morgan fingerprint density at radius 3 is 1.86 bits per heavy atom. The maximum atomic E-state index is 2.45. The first-order chi connectivity index (χ1) is 28.8. The van der Waals surface area contributed by atoms with Gasteiger partial charge in [-0.1, -0.05) is 133 Å². The number of rotatable bonds is 6. The zero-order valence-corrected chi connectivity index (χ0v) is 33.0. The summed E-state index contributed by atoms with van der Waals surface area (Å²) in [5, 5.41) is 7.73. The number of fused-ring (bicyclic) bond motifs is 9. The Labute approximate surface area is 343 Å². The van der Waals surface area contributed by atoms with Gasteiger partial charge in [0, 0.05) is 63.5 Å². The Morgan fingerprint density at radius 1 is 0.362 bits per heavy atom. The molecule has 0 saturated heterocycles. The molecule has 0 aliphatic rings. The van der Waals surface area contributed by atoms with Crippen LogP contribution < -0.4 is 4.90 Å². The number of anilines is 3. The summed E-state index contributed by atoms with van der Waals surface area (Å²) < 4.78 is 7.63. The van der Waals surface area contributed by atoms with Crippen molar-refractivity contribution in [1.29, 1.82) is 0 Å². The monoisotopic (exact) mass is 774 g/mol. The van der Waals surface area contributed by atoms with Gasteiger partial charge in [-0.2, -0.15) is 0 Å². The number of hydrogen-bond acceptors (Lipinski definition) is 3. The van der Waals surface area contributed by atoms with Crippen LogP contribution in [0.25, 0.3) is 90.1 Å². The van der Waals surface area contributed by atoms with Crippen LogP contribution in [-0.2, 0) is 0 Å². The molecule has 0 radical (unpaired) electrons. The van der Waals surface area contributed by atoms with Crippen molar-refractivity contribution in [2.24, 2.45) is 0 Å². The van der Waals surface area contributed by atoms with E-state index in [0.717, 1.165) is 17.1 Å². The summed E-state index contributed by atoms with van der Waals surface area (Å²) in [7, 11) is 0. The fourth-order valence-electron chi connectivity index (χ4n) is 8.97. The van der Waals surface area contributed by atoms with Crippen molar-refractivity contribution in [3.8, 4) is 27.9 Å². The van der Waals surface area contributed by atoms with E-state index in [1.807, 2.05) is 22.7 Å². The van der Waals surface area contributed by atoms with Crippen LogP contribution in [0.15, 0.2) is 206 Å². The molecule has 4 heteroatoms. The Balaban J connectivity index is 1.02. The van der Waals surface area contributed by atoms with Crippen LogP contribution in [0.2, 0.25) is 0 Å². The largest absolute Gasteiger partial charge is 0.309 e. The van der Waals surface area contributed by atoms with E-state index in [9.17, 15) is 0 Å². The predicted octanol–water partition coefficient (Wildman–Crippen LogP) is 16.3. The highest BCUT2D eigenvalue weighted by Gasteiger charge is 2.21. The van der Waals surface area contributed by atoms with Gasteiger partial charge in [0.25, 0.3) is 0 Å². The van der Waals surface area contributed by atoms with E-state index in [0.29, 0.717) is 0 Å². The SMILES string of the molecule is c1ccc(-n2c3ccccc3c3ccc(N(c4ccc(-c5cccc(-c6cccc7sc8ccccc8c67)c5)cc4)c4cccc5c4sc4ccccc45)cc32)cc1. The van der Waals surface area contributed by atoms with Gasteiger partial charge >= 0.3 is 0 Å². The summed E-state index contributed by atoms with van der Waals surface area (Å²) >= 11 is 3.74. The van der Waals surface area contributed by atoms with Crippen LogP contribution in [0.4, 0.5) is 17.1 Å². The van der Waals surface area contributed by atoms with Crippen molar-refractivity contribution in [2.45, 2.75) is 0 Å². The van der Waals surface area contributed by atoms with E-state index in [-0.39, 0.29) is 0 Å². The molecule has 9 aromatic carbocycles. The van der Waals surface area contributed by atoms with Crippen molar-refractivity contribution in [1.82, 2.24) is 4.57 Å². The molecule has 272 valence electrons. The van der Waals surface area contributed by atoms with Crippen molar-refractivity contribution >= 4 is 102 Å². The Bertz CT molecular complexity index is 3520. The topological polar surface area (TPSA) is 8.17 Å². The minimum absolute atomic E-state index is 1.11. The molecule has 0 fully saturated rings. The summed E-state index contributed by atoms with van der Waals surface area (Å²) in [6.07, 6.45) is 0. The number of nitrogens with zero attached hydrogens (tertiary/aromatic N) is 2. The third-order valence-electron chi connectivity index (χ3n) is 11.6. The third-order valence-corrected chi connectivity index (χ3v) is 13.9. The number of hydrogen-bond donors (Lipinski definition) is 0. The van der Waals surface area contributed by atoms with Gasteiger partial charge in [0.05, 0.1) is 21.4 Å². The molecule has 12 aromatic rings. The molecule has 0 aliphatic carbocycles. The van der Waals surface area contributed by atoms with Crippen LogP contribution in [0.3, 0.4) is 0 Å². The van der Waals surface area contributed by atoms with E-state index in [1.165, 1.54) is 90.1 Å². The molecule has 0 N–H and O–H groups in total. The highest BCUT2D eigenvalue weighted by molar-refractivity contribution is 7.26. The molecule has 0 amide bonds. The van der Waals surface area contributed by atoms with Gasteiger partial charge in [-0.05, 0) is 95.1 Å². The molecule has 0 aliphatic heterocycles. The van der Waals surface area contributed by atoms with Crippen molar-refractivity contribution in [2.75, 3.05) is 4.90 Å². The van der Waals surface area contributed by atoms with Crippen molar-refractivity contribution in [3.63, 3.8) is 0 Å². The van der Waals surface area contributed by atoms with Gasteiger partial charge < -0.3 is 9.47 Å². The van der Waals surface area contributed by atoms with Crippen molar-refractivity contribution < 1.29 is 0 Å². The zero-order valence-electron chi connectivity index (χ0n) is 31.3. The lowest BCUT2D eigenvalue weighted by Crippen LogP contribution is -2.10. The van der Waals surface area contributed by atoms with Crippen LogP contribution in [0, 0.1) is 0 Å². The zero-order chi connectivity index (χ0) is 38.2. The van der Waals surface area contributed by atoms with Crippen LogP contribution >= 0.6 is 22.7 Å². The van der Waals surface area contributed by atoms with E-state index < -0.39 is 0 Å². The van der Waals surface area contributed by atoms with Crippen LogP contribution in [-0.4, -0.2) is 4.57 Å². The standard InChI is InChI=1S/C54H34N2S2/c1-2-15-38(16-3-1)56-47-22-7-4-17-42(47)43-32-31-40(34-49(43)56)55(48-23-11-21-45-44-18-5-8-24-50(44)58-54(45)48)39-29-27-35(28-30-39)36-13-10-14-37(33-36)41-20-12-26-52-53(41)46-19-6-9-25-51(46)57-52/h1-34H. The van der Waals surface area contributed by atoms with E-state index in [4.69, 9.17) is 0 Å². The maximum absolute atomic E-state index is 2.45. The average Bonchev–Trinajstić information content (AvgIpc) is 3.97. The minimum Gasteiger partial charge on any atom is -0.309 e. The Morgan fingerprint density at radius 2 is 1.00 bits per heavy atom. The highest BCUT2D eigenvalue weighted by Crippen LogP contribution is 2.47. The van der Waals surface area contributed by atoms with E-state index in [1.54, 1.807) is 0 Å². The fraction of sp³-hybridized carbons (Fsp3) is 0. The molecule has 0 atom stereocenters. The summed E-state index contributed by atoms with van der Waals surface area (Å²) in [5.41, 5.74) is 11.8. The summed E-state index contributed by atoms with van der Waals surface area (Å²) in [5.74, 6) is 0. The van der Waals surface area contributed by atoms with Gasteiger partial charge in [-0.15, -0.1) is 22.7 Å². The lowest BCUT2D eigenvalue weighted by molar-refractivity contribution is 1.18. The molecule has 12 rings (SSSR count). The lowest BCUT2D eigenvalue weighted by atomic mass is 9.96. The normalized spacial score (nSPS) is 11.8. The number of thiophene rings is 2. The molecule has 3 aromatic heterocycles. The molecule has 0 bridgehead atoms. The molecular weight excluding hydrogens is 741 g/mol. The second-order valence-corrected chi connectivity index (χ2v) is 17.0. The molecule has 0 spiro atoms. The first-order valence-electron chi connectivity index (χ1n) is 19.7. The quantitative estimate of drug-likeness (QED) is 0.163. The van der Waals surface area contributed by atoms with Gasteiger partial charge in [-0.25, -0.2) is 0 Å². The third kappa shape index (κ3) is 5.23. The lowest BCUT2D eigenvalue weighted by Gasteiger charge is -2.26.